The zero-order chi connectivity index (χ0) is 7.40. The predicted molar refractivity (Wildman–Crippen MR) is 37.5 cm³/mol. The number of nitrogens with zero attached hydrogens (tertiary/aromatic N) is 2. The van der Waals surface area contributed by atoms with E-state index in [2.05, 4.69) is 16.7 Å². The summed E-state index contributed by atoms with van der Waals surface area (Å²) in [5.41, 5.74) is 0.703. The standard InChI is InChI=1S/C6H8N3O/c1-9(8-10)6-2-4-7-5-3-6/h2,5,7H,4H2,1H3. The lowest BCUT2D eigenvalue weighted by molar-refractivity contribution is 0.446. The third kappa shape index (κ3) is 1.34. The maximum absolute atomic E-state index is 9.96. The summed E-state index contributed by atoms with van der Waals surface area (Å²) in [7, 11) is 1.59. The Morgan fingerprint density at radius 2 is 2.70 bits per heavy atom. The first-order valence-electron chi connectivity index (χ1n) is 2.93. The van der Waals surface area contributed by atoms with Gasteiger partial charge in [-0.3, -0.25) is 0 Å². The lowest BCUT2D eigenvalue weighted by atomic mass is 10.3. The second-order valence-electron chi connectivity index (χ2n) is 1.89. The molecule has 0 amide bonds. The Balaban J connectivity index is 2.62. The first kappa shape index (κ1) is 6.80. The number of dihydropyridines is 1. The van der Waals surface area contributed by atoms with Crippen molar-refractivity contribution in [3.63, 3.8) is 0 Å². The van der Waals surface area contributed by atoms with Gasteiger partial charge in [-0.05, 0) is 6.08 Å². The number of likely N-dealkylation sites (N-methyl/N-ethyl adjacent to an activating group) is 1. The van der Waals surface area contributed by atoms with Crippen LogP contribution in [0.3, 0.4) is 0 Å². The number of hydrogen-bond acceptors (Lipinski definition) is 3. The van der Waals surface area contributed by atoms with Gasteiger partial charge >= 0.3 is 0 Å². The largest absolute Gasteiger partial charge is 0.387 e. The van der Waals surface area contributed by atoms with Crippen molar-refractivity contribution in [3.8, 4) is 0 Å². The third-order valence-electron chi connectivity index (χ3n) is 1.21. The van der Waals surface area contributed by atoms with E-state index < -0.39 is 0 Å². The second kappa shape index (κ2) is 3.00. The van der Waals surface area contributed by atoms with E-state index in [9.17, 15) is 4.91 Å². The van der Waals surface area contributed by atoms with Gasteiger partial charge < -0.3 is 5.32 Å². The Hall–Kier alpha value is -1.32. The first-order chi connectivity index (χ1) is 4.84. The van der Waals surface area contributed by atoms with E-state index in [0.29, 0.717) is 5.70 Å². The van der Waals surface area contributed by atoms with Crippen molar-refractivity contribution in [3.05, 3.63) is 29.0 Å². The first-order valence-corrected chi connectivity index (χ1v) is 2.93. The van der Waals surface area contributed by atoms with Gasteiger partial charge in [-0.1, -0.05) is 0 Å². The van der Waals surface area contributed by atoms with Crippen LogP contribution in [0.15, 0.2) is 23.3 Å². The molecule has 10 heavy (non-hydrogen) atoms. The molecule has 0 atom stereocenters. The molecule has 1 radical (unpaired) electrons. The molecule has 4 nitrogen and oxygen atoms in total. The zero-order valence-corrected chi connectivity index (χ0v) is 5.66. The Bertz CT molecular complexity index is 185. The van der Waals surface area contributed by atoms with Crippen molar-refractivity contribution in [2.24, 2.45) is 5.29 Å². The van der Waals surface area contributed by atoms with Crippen LogP contribution >= 0.6 is 0 Å². The number of rotatable bonds is 2. The topological polar surface area (TPSA) is 44.7 Å². The molecule has 0 aliphatic carbocycles. The lowest BCUT2D eigenvalue weighted by Crippen LogP contribution is -2.16. The lowest BCUT2D eigenvalue weighted by Gasteiger charge is -2.11. The molecular weight excluding hydrogens is 130 g/mol. The van der Waals surface area contributed by atoms with Crippen molar-refractivity contribution >= 4 is 0 Å². The Labute approximate surface area is 59.2 Å². The van der Waals surface area contributed by atoms with Crippen molar-refractivity contribution in [2.75, 3.05) is 13.6 Å². The van der Waals surface area contributed by atoms with Crippen LogP contribution in [0.25, 0.3) is 0 Å². The summed E-state index contributed by atoms with van der Waals surface area (Å²) in [4.78, 5) is 9.96. The minimum atomic E-state index is 0.703. The average molecular weight is 138 g/mol. The molecule has 1 aliphatic heterocycles. The molecule has 0 aromatic carbocycles. The Kier molecular flexibility index (Phi) is 2.04. The molecule has 0 bridgehead atoms. The van der Waals surface area contributed by atoms with Gasteiger partial charge in [0, 0.05) is 25.9 Å². The Morgan fingerprint density at radius 1 is 1.90 bits per heavy atom. The molecule has 0 aromatic heterocycles. The van der Waals surface area contributed by atoms with Gasteiger partial charge in [0.2, 0.25) is 0 Å². The smallest absolute Gasteiger partial charge is 0.0694 e. The highest BCUT2D eigenvalue weighted by molar-refractivity contribution is 5.14. The molecule has 0 fully saturated rings. The van der Waals surface area contributed by atoms with Crippen LogP contribution in [0.1, 0.15) is 0 Å². The molecular formula is C6H8N3O. The highest BCUT2D eigenvalue weighted by Gasteiger charge is 2.01. The van der Waals surface area contributed by atoms with Crippen molar-refractivity contribution in [1.29, 1.82) is 0 Å². The maximum atomic E-state index is 9.96. The van der Waals surface area contributed by atoms with Crippen LogP contribution in [0, 0.1) is 11.0 Å². The quantitative estimate of drug-likeness (QED) is 0.444. The molecule has 0 spiro atoms. The van der Waals surface area contributed by atoms with Crippen molar-refractivity contribution in [1.82, 2.24) is 10.3 Å². The van der Waals surface area contributed by atoms with Gasteiger partial charge in [-0.15, -0.1) is 4.91 Å². The van der Waals surface area contributed by atoms with Crippen molar-refractivity contribution < 1.29 is 0 Å². The number of hydrogen-bond donors (Lipinski definition) is 1. The molecule has 53 valence electrons. The Morgan fingerprint density at radius 3 is 3.20 bits per heavy atom. The molecule has 1 rings (SSSR count). The fourth-order valence-corrected chi connectivity index (χ4v) is 0.668. The molecule has 0 unspecified atom stereocenters. The van der Waals surface area contributed by atoms with Crippen LogP contribution in [-0.2, 0) is 0 Å². The summed E-state index contributed by atoms with van der Waals surface area (Å²) in [6.45, 7) is 0.724. The summed E-state index contributed by atoms with van der Waals surface area (Å²) in [6, 6.07) is 0. The molecule has 0 aromatic rings. The summed E-state index contributed by atoms with van der Waals surface area (Å²) in [6.07, 6.45) is 6.33. The molecule has 1 N–H and O–H groups in total. The van der Waals surface area contributed by atoms with Crippen LogP contribution < -0.4 is 5.32 Å². The zero-order valence-electron chi connectivity index (χ0n) is 5.66. The highest BCUT2D eigenvalue weighted by Crippen LogP contribution is 2.03. The third-order valence-corrected chi connectivity index (χ3v) is 1.21. The van der Waals surface area contributed by atoms with E-state index >= 15 is 0 Å². The monoisotopic (exact) mass is 138 g/mol. The van der Waals surface area contributed by atoms with Crippen LogP contribution in [0.2, 0.25) is 0 Å². The minimum absolute atomic E-state index is 0.703. The van der Waals surface area contributed by atoms with E-state index in [4.69, 9.17) is 0 Å². The van der Waals surface area contributed by atoms with Gasteiger partial charge in [0.05, 0.1) is 11.0 Å². The van der Waals surface area contributed by atoms with E-state index in [0.717, 1.165) is 6.54 Å². The van der Waals surface area contributed by atoms with Crippen LogP contribution in [0.4, 0.5) is 0 Å². The number of nitroso groups, excluding NO2 is 1. The molecule has 0 saturated heterocycles. The maximum Gasteiger partial charge on any atom is 0.0694 e. The van der Waals surface area contributed by atoms with Gasteiger partial charge in [0.15, 0.2) is 0 Å². The van der Waals surface area contributed by atoms with E-state index in [-0.39, 0.29) is 0 Å². The number of allylic oxidation sites excluding steroid dienone is 1. The van der Waals surface area contributed by atoms with Gasteiger partial charge in [0.25, 0.3) is 0 Å². The summed E-state index contributed by atoms with van der Waals surface area (Å²) < 4.78 is 0. The molecule has 0 saturated carbocycles. The summed E-state index contributed by atoms with van der Waals surface area (Å²) in [5, 5.41) is 6.86. The van der Waals surface area contributed by atoms with Crippen LogP contribution in [-0.4, -0.2) is 18.6 Å². The minimum Gasteiger partial charge on any atom is -0.387 e. The average Bonchev–Trinajstić information content (AvgIpc) is 2.05. The fraction of sp³-hybridized carbons (Fsp3) is 0.333. The number of nitrogens with one attached hydrogen (secondary N) is 1. The second-order valence-corrected chi connectivity index (χ2v) is 1.89. The summed E-state index contributed by atoms with van der Waals surface area (Å²) >= 11 is 0. The van der Waals surface area contributed by atoms with Crippen molar-refractivity contribution in [2.45, 2.75) is 0 Å². The molecule has 4 heteroatoms. The normalized spacial score (nSPS) is 15.5. The molecule has 1 aliphatic rings. The SMILES string of the molecule is CN(N=O)C1=CCNC=[C]1. The fourth-order valence-electron chi connectivity index (χ4n) is 0.668. The van der Waals surface area contributed by atoms with Gasteiger partial charge in [-0.25, -0.2) is 5.01 Å². The van der Waals surface area contributed by atoms with E-state index in [1.807, 2.05) is 6.08 Å². The predicted octanol–water partition coefficient (Wildman–Crippen LogP) is 0.404. The van der Waals surface area contributed by atoms with Gasteiger partial charge in [0.1, 0.15) is 0 Å². The summed E-state index contributed by atoms with van der Waals surface area (Å²) in [5.74, 6) is 0. The van der Waals surface area contributed by atoms with E-state index in [1.54, 1.807) is 13.2 Å². The molecule has 1 heterocycles. The highest BCUT2D eigenvalue weighted by atomic mass is 16.3. The van der Waals surface area contributed by atoms with Gasteiger partial charge in [-0.2, -0.15) is 0 Å². The van der Waals surface area contributed by atoms with Crippen LogP contribution in [0.5, 0.6) is 0 Å². The van der Waals surface area contributed by atoms with E-state index in [1.165, 1.54) is 5.01 Å².